The van der Waals surface area contributed by atoms with Gasteiger partial charge in [-0.15, -0.1) is 16.4 Å². The van der Waals surface area contributed by atoms with Crippen molar-refractivity contribution in [1.82, 2.24) is 34.8 Å². The number of anilines is 2. The smallest absolute Gasteiger partial charge is 0.264 e. The van der Waals surface area contributed by atoms with Crippen LogP contribution >= 0.6 is 11.3 Å². The summed E-state index contributed by atoms with van der Waals surface area (Å²) >= 11 is 1.46. The Morgan fingerprint density at radius 3 is 2.57 bits per heavy atom. The van der Waals surface area contributed by atoms with Crippen molar-refractivity contribution in [3.8, 4) is 0 Å². The lowest BCUT2D eigenvalue weighted by atomic mass is 10.1. The number of piperazine rings is 1. The van der Waals surface area contributed by atoms with Gasteiger partial charge < -0.3 is 15.3 Å². The lowest BCUT2D eigenvalue weighted by Gasteiger charge is -2.37. The van der Waals surface area contributed by atoms with Crippen LogP contribution in [-0.2, 0) is 0 Å². The zero-order chi connectivity index (χ0) is 23.8. The van der Waals surface area contributed by atoms with Crippen LogP contribution in [-0.4, -0.2) is 72.0 Å². The van der Waals surface area contributed by atoms with Gasteiger partial charge in [0.2, 0.25) is 5.65 Å². The Morgan fingerprint density at radius 2 is 1.80 bits per heavy atom. The van der Waals surface area contributed by atoms with E-state index in [1.165, 1.54) is 11.3 Å². The number of fused-ring (bicyclic) bond motifs is 3. The van der Waals surface area contributed by atoms with Crippen LogP contribution in [0, 0.1) is 0 Å². The average Bonchev–Trinajstić information content (AvgIpc) is 3.62. The van der Waals surface area contributed by atoms with Crippen molar-refractivity contribution >= 4 is 45.4 Å². The number of nitrogens with zero attached hydrogens (tertiary/aromatic N) is 7. The minimum Gasteiger partial charge on any atom is -0.374 e. The van der Waals surface area contributed by atoms with Gasteiger partial charge in [-0.1, -0.05) is 30.3 Å². The van der Waals surface area contributed by atoms with E-state index in [2.05, 4.69) is 25.8 Å². The molecule has 5 aromatic rings. The second-order valence-electron chi connectivity index (χ2n) is 8.29. The van der Waals surface area contributed by atoms with Crippen molar-refractivity contribution in [1.29, 1.82) is 0 Å². The van der Waals surface area contributed by atoms with Crippen molar-refractivity contribution in [2.24, 2.45) is 0 Å². The third kappa shape index (κ3) is 4.09. The SMILES string of the molecule is O=C(c1cccs1)N1CCN(C(O)c2ccc(Nc3nc4ccccc4n4nnnc34)cc2)CC1. The summed E-state index contributed by atoms with van der Waals surface area (Å²) in [5.41, 5.74) is 3.73. The molecular weight excluding hydrogens is 464 g/mol. The molecule has 3 aromatic heterocycles. The van der Waals surface area contributed by atoms with Gasteiger partial charge in [0.05, 0.1) is 15.9 Å². The van der Waals surface area contributed by atoms with Gasteiger partial charge >= 0.3 is 0 Å². The third-order valence-corrected chi connectivity index (χ3v) is 7.03. The van der Waals surface area contributed by atoms with Crippen LogP contribution < -0.4 is 5.32 Å². The minimum atomic E-state index is -0.741. The summed E-state index contributed by atoms with van der Waals surface area (Å²) in [5.74, 6) is 0.609. The van der Waals surface area contributed by atoms with Gasteiger partial charge in [-0.25, -0.2) is 4.98 Å². The Bertz CT molecular complexity index is 1480. The number of tetrazole rings is 1. The summed E-state index contributed by atoms with van der Waals surface area (Å²) in [4.78, 5) is 21.8. The van der Waals surface area contributed by atoms with Crippen molar-refractivity contribution in [2.75, 3.05) is 31.5 Å². The quantitative estimate of drug-likeness (QED) is 0.390. The molecule has 1 atom stereocenters. The molecule has 0 aliphatic carbocycles. The maximum atomic E-state index is 12.6. The third-order valence-electron chi connectivity index (χ3n) is 6.17. The predicted octanol–water partition coefficient (Wildman–Crippen LogP) is 2.93. The molecule has 1 unspecified atom stereocenters. The van der Waals surface area contributed by atoms with Gasteiger partial charge in [0.15, 0.2) is 5.82 Å². The zero-order valence-electron chi connectivity index (χ0n) is 18.7. The van der Waals surface area contributed by atoms with E-state index in [1.54, 1.807) is 4.52 Å². The first-order chi connectivity index (χ1) is 17.2. The van der Waals surface area contributed by atoms with Gasteiger partial charge in [-0.2, -0.15) is 4.52 Å². The lowest BCUT2D eigenvalue weighted by molar-refractivity contribution is -0.0239. The molecule has 176 valence electrons. The number of rotatable bonds is 5. The average molecular weight is 487 g/mol. The van der Waals surface area contributed by atoms with Gasteiger partial charge in [0.25, 0.3) is 5.91 Å². The normalized spacial score (nSPS) is 15.5. The Hall–Kier alpha value is -3.93. The summed E-state index contributed by atoms with van der Waals surface area (Å²) in [5, 5.41) is 28.1. The predicted molar refractivity (Wildman–Crippen MR) is 133 cm³/mol. The lowest BCUT2D eigenvalue weighted by Crippen LogP contribution is -2.49. The number of amides is 1. The summed E-state index contributed by atoms with van der Waals surface area (Å²) < 4.78 is 1.66. The second kappa shape index (κ2) is 9.02. The maximum Gasteiger partial charge on any atom is 0.264 e. The van der Waals surface area contributed by atoms with Crippen LogP contribution in [0.4, 0.5) is 11.5 Å². The molecular formula is C24H22N8O2S. The molecule has 0 spiro atoms. The van der Waals surface area contributed by atoms with Crippen LogP contribution in [0.1, 0.15) is 21.5 Å². The molecule has 10 nitrogen and oxygen atoms in total. The molecule has 35 heavy (non-hydrogen) atoms. The molecule has 6 rings (SSSR count). The minimum absolute atomic E-state index is 0.0591. The Balaban J connectivity index is 1.14. The Kier molecular flexibility index (Phi) is 5.57. The molecule has 1 amide bonds. The number of hydrogen-bond acceptors (Lipinski definition) is 9. The summed E-state index contributed by atoms with van der Waals surface area (Å²) in [6, 6.07) is 19.0. The molecule has 1 aliphatic heterocycles. The largest absolute Gasteiger partial charge is 0.374 e. The standard InChI is InChI=1S/C24H22N8O2S/c33-23(30-11-13-31(14-12-30)24(34)20-6-3-15-35-20)16-7-9-17(10-8-16)25-21-22-27-28-29-32(22)19-5-2-1-4-18(19)26-21/h1-10,15,23,33H,11-14H2,(H,25,26). The zero-order valence-corrected chi connectivity index (χ0v) is 19.5. The number of aliphatic hydroxyl groups excluding tert-OH is 1. The highest BCUT2D eigenvalue weighted by molar-refractivity contribution is 7.12. The first kappa shape index (κ1) is 21.6. The number of aliphatic hydroxyl groups is 1. The number of benzene rings is 2. The number of aromatic nitrogens is 5. The second-order valence-corrected chi connectivity index (χ2v) is 9.24. The van der Waals surface area contributed by atoms with Gasteiger partial charge in [0.1, 0.15) is 6.23 Å². The van der Waals surface area contributed by atoms with E-state index in [1.807, 2.05) is 75.8 Å². The van der Waals surface area contributed by atoms with Crippen LogP contribution in [0.2, 0.25) is 0 Å². The van der Waals surface area contributed by atoms with E-state index < -0.39 is 6.23 Å². The molecule has 4 heterocycles. The van der Waals surface area contributed by atoms with Gasteiger partial charge in [0, 0.05) is 31.9 Å². The number of thiophene rings is 1. The van der Waals surface area contributed by atoms with E-state index in [0.717, 1.165) is 27.2 Å². The molecule has 0 saturated carbocycles. The molecule has 1 aliphatic rings. The van der Waals surface area contributed by atoms with E-state index in [4.69, 9.17) is 0 Å². The van der Waals surface area contributed by atoms with Crippen LogP contribution in [0.15, 0.2) is 66.0 Å². The van der Waals surface area contributed by atoms with Crippen LogP contribution in [0.25, 0.3) is 16.7 Å². The van der Waals surface area contributed by atoms with E-state index in [9.17, 15) is 9.90 Å². The fraction of sp³-hybridized carbons (Fsp3) is 0.208. The number of carbonyl (C=O) groups excluding carboxylic acids is 1. The highest BCUT2D eigenvalue weighted by atomic mass is 32.1. The molecule has 0 bridgehead atoms. The number of para-hydroxylation sites is 2. The summed E-state index contributed by atoms with van der Waals surface area (Å²) in [7, 11) is 0. The highest BCUT2D eigenvalue weighted by Gasteiger charge is 2.26. The summed E-state index contributed by atoms with van der Waals surface area (Å²) in [6.45, 7) is 2.39. The molecule has 0 radical (unpaired) electrons. The molecule has 2 N–H and O–H groups in total. The van der Waals surface area contributed by atoms with E-state index in [-0.39, 0.29) is 5.91 Å². The Morgan fingerprint density at radius 1 is 1.00 bits per heavy atom. The van der Waals surface area contributed by atoms with Crippen molar-refractivity contribution in [2.45, 2.75) is 6.23 Å². The highest BCUT2D eigenvalue weighted by Crippen LogP contribution is 2.25. The monoisotopic (exact) mass is 486 g/mol. The maximum absolute atomic E-state index is 12.6. The fourth-order valence-corrected chi connectivity index (χ4v) is 4.99. The van der Waals surface area contributed by atoms with E-state index in [0.29, 0.717) is 37.6 Å². The van der Waals surface area contributed by atoms with Crippen molar-refractivity contribution in [3.63, 3.8) is 0 Å². The van der Waals surface area contributed by atoms with Gasteiger partial charge in [-0.3, -0.25) is 9.69 Å². The van der Waals surface area contributed by atoms with Crippen molar-refractivity contribution in [3.05, 3.63) is 76.5 Å². The Labute approximate surface area is 204 Å². The molecule has 1 saturated heterocycles. The van der Waals surface area contributed by atoms with Gasteiger partial charge in [-0.05, 0) is 51.7 Å². The molecule has 1 fully saturated rings. The van der Waals surface area contributed by atoms with Crippen molar-refractivity contribution < 1.29 is 9.90 Å². The fourth-order valence-electron chi connectivity index (χ4n) is 4.30. The molecule has 11 heteroatoms. The summed E-state index contributed by atoms with van der Waals surface area (Å²) in [6.07, 6.45) is -0.741. The first-order valence-corrected chi connectivity index (χ1v) is 12.1. The topological polar surface area (TPSA) is 112 Å². The first-order valence-electron chi connectivity index (χ1n) is 11.3. The van der Waals surface area contributed by atoms with Crippen LogP contribution in [0.3, 0.4) is 0 Å². The number of hydrogen-bond donors (Lipinski definition) is 2. The number of nitrogens with one attached hydrogen (secondary N) is 1. The number of carbonyl (C=O) groups is 1. The van der Waals surface area contributed by atoms with Crippen LogP contribution in [0.5, 0.6) is 0 Å². The van der Waals surface area contributed by atoms with E-state index >= 15 is 0 Å². The molecule has 2 aromatic carbocycles.